The number of ether oxygens (including phenoxy) is 2. The van der Waals surface area contributed by atoms with Crippen molar-refractivity contribution in [1.82, 2.24) is 0 Å². The van der Waals surface area contributed by atoms with Crippen molar-refractivity contribution in [3.05, 3.63) is 48.0 Å². The molecule has 2 atom stereocenters. The molecule has 0 radical (unpaired) electrons. The van der Waals surface area contributed by atoms with Crippen LogP contribution in [-0.4, -0.2) is 19.2 Å². The van der Waals surface area contributed by atoms with Gasteiger partial charge in [0.15, 0.2) is 5.60 Å². The van der Waals surface area contributed by atoms with Gasteiger partial charge in [-0.2, -0.15) is 0 Å². The Balaban J connectivity index is 2.40. The third kappa shape index (κ3) is 3.56. The predicted octanol–water partition coefficient (Wildman–Crippen LogP) is 4.82. The average molecular weight is 314 g/mol. The molecule has 0 unspecified atom stereocenters. The van der Waals surface area contributed by atoms with Crippen molar-refractivity contribution >= 4 is 16.7 Å². The number of carbonyl (C=O) groups excluding carboxylic acids is 1. The number of rotatable bonds is 7. The zero-order chi connectivity index (χ0) is 16.9. The minimum absolute atomic E-state index is 0.0584. The number of fused-ring (bicyclic) bond motifs is 1. The lowest BCUT2D eigenvalue weighted by atomic mass is 9.90. The van der Waals surface area contributed by atoms with Crippen LogP contribution in [0, 0.1) is 0 Å². The van der Waals surface area contributed by atoms with Crippen LogP contribution in [0.3, 0.4) is 0 Å². The molecule has 0 N–H and O–H groups in total. The fraction of sp³-hybridized carbons (Fsp3) is 0.450. The molecule has 2 aromatic carbocycles. The fourth-order valence-electron chi connectivity index (χ4n) is 2.88. The first-order valence-corrected chi connectivity index (χ1v) is 8.31. The van der Waals surface area contributed by atoms with E-state index in [1.165, 1.54) is 0 Å². The van der Waals surface area contributed by atoms with Gasteiger partial charge in [-0.05, 0) is 30.5 Å². The smallest absolute Gasteiger partial charge is 0.343 e. The maximum absolute atomic E-state index is 12.8. The molecule has 0 aliphatic carbocycles. The van der Waals surface area contributed by atoms with E-state index in [-0.39, 0.29) is 12.1 Å². The highest BCUT2D eigenvalue weighted by Gasteiger charge is 2.39. The van der Waals surface area contributed by atoms with Gasteiger partial charge in [0.25, 0.3) is 0 Å². The van der Waals surface area contributed by atoms with Crippen LogP contribution >= 0.6 is 0 Å². The van der Waals surface area contributed by atoms with Crippen molar-refractivity contribution < 1.29 is 14.3 Å². The third-order valence-corrected chi connectivity index (χ3v) is 4.44. The van der Waals surface area contributed by atoms with E-state index >= 15 is 0 Å². The first kappa shape index (κ1) is 17.5. The SMILES string of the molecule is CCC[C@H](CC)OC(=O)[C@@](C)(OC)c1cccc2ccccc12. The molecule has 0 saturated heterocycles. The van der Waals surface area contributed by atoms with Crippen molar-refractivity contribution in [2.45, 2.75) is 51.7 Å². The molecule has 0 saturated carbocycles. The summed E-state index contributed by atoms with van der Waals surface area (Å²) in [6.07, 6.45) is 2.62. The third-order valence-electron chi connectivity index (χ3n) is 4.44. The van der Waals surface area contributed by atoms with Crippen LogP contribution in [0.5, 0.6) is 0 Å². The number of esters is 1. The molecular weight excluding hydrogens is 288 g/mol. The summed E-state index contributed by atoms with van der Waals surface area (Å²) in [6.45, 7) is 5.92. The van der Waals surface area contributed by atoms with Crippen LogP contribution in [0.1, 0.15) is 45.6 Å². The highest BCUT2D eigenvalue weighted by atomic mass is 16.6. The summed E-state index contributed by atoms with van der Waals surface area (Å²) in [5, 5.41) is 2.10. The van der Waals surface area contributed by atoms with Gasteiger partial charge in [0, 0.05) is 12.7 Å². The Labute approximate surface area is 138 Å². The van der Waals surface area contributed by atoms with E-state index in [2.05, 4.69) is 6.92 Å². The van der Waals surface area contributed by atoms with Crippen molar-refractivity contribution in [1.29, 1.82) is 0 Å². The Kier molecular flexibility index (Phi) is 5.78. The number of methoxy groups -OCH3 is 1. The van der Waals surface area contributed by atoms with Crippen molar-refractivity contribution in [2.24, 2.45) is 0 Å². The second kappa shape index (κ2) is 7.60. The molecule has 0 spiro atoms. The maximum atomic E-state index is 12.8. The van der Waals surface area contributed by atoms with Crippen LogP contribution < -0.4 is 0 Å². The van der Waals surface area contributed by atoms with Crippen molar-refractivity contribution in [3.8, 4) is 0 Å². The molecule has 0 bridgehead atoms. The monoisotopic (exact) mass is 314 g/mol. The Hall–Kier alpha value is -1.87. The summed E-state index contributed by atoms with van der Waals surface area (Å²) in [5.41, 5.74) is -0.267. The van der Waals surface area contributed by atoms with Gasteiger partial charge in [0.2, 0.25) is 0 Å². The van der Waals surface area contributed by atoms with Crippen LogP contribution in [0.25, 0.3) is 10.8 Å². The number of carbonyl (C=O) groups is 1. The van der Waals surface area contributed by atoms with Gasteiger partial charge in [-0.15, -0.1) is 0 Å². The first-order chi connectivity index (χ1) is 11.1. The lowest BCUT2D eigenvalue weighted by Gasteiger charge is -2.29. The first-order valence-electron chi connectivity index (χ1n) is 8.31. The number of benzene rings is 2. The molecule has 23 heavy (non-hydrogen) atoms. The van der Waals surface area contributed by atoms with Gasteiger partial charge in [-0.1, -0.05) is 62.7 Å². The molecule has 0 aliphatic rings. The van der Waals surface area contributed by atoms with Crippen LogP contribution in [0.15, 0.2) is 42.5 Å². The summed E-state index contributed by atoms with van der Waals surface area (Å²) < 4.78 is 11.4. The number of hydrogen-bond acceptors (Lipinski definition) is 3. The Bertz CT molecular complexity index is 659. The van der Waals surface area contributed by atoms with E-state index in [1.54, 1.807) is 14.0 Å². The summed E-state index contributed by atoms with van der Waals surface area (Å²) in [5.74, 6) is -0.323. The number of hydrogen-bond donors (Lipinski definition) is 0. The molecule has 2 rings (SSSR count). The van der Waals surface area contributed by atoms with Gasteiger partial charge in [0.05, 0.1) is 0 Å². The molecule has 124 valence electrons. The molecule has 0 amide bonds. The highest BCUT2D eigenvalue weighted by molar-refractivity contribution is 5.92. The van der Waals surface area contributed by atoms with Gasteiger partial charge < -0.3 is 9.47 Å². The zero-order valence-corrected chi connectivity index (χ0v) is 14.5. The minimum Gasteiger partial charge on any atom is -0.460 e. The van der Waals surface area contributed by atoms with Gasteiger partial charge in [-0.3, -0.25) is 0 Å². The van der Waals surface area contributed by atoms with Gasteiger partial charge in [0.1, 0.15) is 6.10 Å². The zero-order valence-electron chi connectivity index (χ0n) is 14.5. The van der Waals surface area contributed by atoms with Crippen LogP contribution in [-0.2, 0) is 19.9 Å². The molecule has 2 aromatic rings. The van der Waals surface area contributed by atoms with E-state index in [9.17, 15) is 4.79 Å². The topological polar surface area (TPSA) is 35.5 Å². The maximum Gasteiger partial charge on any atom is 0.343 e. The van der Waals surface area contributed by atoms with E-state index in [0.717, 1.165) is 35.6 Å². The highest BCUT2D eigenvalue weighted by Crippen LogP contribution is 2.33. The largest absolute Gasteiger partial charge is 0.460 e. The molecule has 0 aliphatic heterocycles. The summed E-state index contributed by atoms with van der Waals surface area (Å²) in [7, 11) is 1.56. The lowest BCUT2D eigenvalue weighted by Crippen LogP contribution is -2.38. The summed E-state index contributed by atoms with van der Waals surface area (Å²) in [4.78, 5) is 12.8. The molecule has 0 aromatic heterocycles. The molecule has 3 nitrogen and oxygen atoms in total. The minimum atomic E-state index is -1.11. The second-order valence-corrected chi connectivity index (χ2v) is 5.99. The second-order valence-electron chi connectivity index (χ2n) is 5.99. The van der Waals surface area contributed by atoms with Crippen molar-refractivity contribution in [2.75, 3.05) is 7.11 Å². The molecule has 0 fully saturated rings. The summed E-state index contributed by atoms with van der Waals surface area (Å²) in [6, 6.07) is 13.9. The molecular formula is C20H26O3. The Morgan fingerprint density at radius 3 is 2.48 bits per heavy atom. The lowest BCUT2D eigenvalue weighted by molar-refractivity contribution is -0.174. The fourth-order valence-corrected chi connectivity index (χ4v) is 2.88. The van der Waals surface area contributed by atoms with E-state index in [4.69, 9.17) is 9.47 Å². The quantitative estimate of drug-likeness (QED) is 0.687. The normalized spacial score (nSPS) is 15.1. The average Bonchev–Trinajstić information content (AvgIpc) is 2.59. The standard InChI is InChI=1S/C20H26O3/c1-5-10-16(6-2)23-19(21)20(3,22-4)18-14-9-12-15-11-7-8-13-17(15)18/h7-9,11-14,16H,5-6,10H2,1-4H3/t16-,20-/m0/s1. The molecule has 3 heteroatoms. The van der Waals surface area contributed by atoms with Crippen LogP contribution in [0.4, 0.5) is 0 Å². The van der Waals surface area contributed by atoms with E-state index in [0.29, 0.717) is 0 Å². The van der Waals surface area contributed by atoms with E-state index < -0.39 is 5.60 Å². The Morgan fingerprint density at radius 2 is 1.83 bits per heavy atom. The van der Waals surface area contributed by atoms with Gasteiger partial charge in [-0.25, -0.2) is 4.79 Å². The van der Waals surface area contributed by atoms with Crippen molar-refractivity contribution in [3.63, 3.8) is 0 Å². The van der Waals surface area contributed by atoms with E-state index in [1.807, 2.05) is 49.4 Å². The van der Waals surface area contributed by atoms with Gasteiger partial charge >= 0.3 is 5.97 Å². The molecule has 0 heterocycles. The van der Waals surface area contributed by atoms with Crippen LogP contribution in [0.2, 0.25) is 0 Å². The Morgan fingerprint density at radius 1 is 1.13 bits per heavy atom. The predicted molar refractivity (Wildman–Crippen MR) is 93.4 cm³/mol. The summed E-state index contributed by atoms with van der Waals surface area (Å²) >= 11 is 0.